The van der Waals surface area contributed by atoms with E-state index in [1.165, 1.54) is 5.56 Å². The molecule has 1 saturated heterocycles. The average molecular weight is 441 g/mol. The number of amides is 1. The summed E-state index contributed by atoms with van der Waals surface area (Å²) in [4.78, 5) is 14.2. The summed E-state index contributed by atoms with van der Waals surface area (Å²) in [5.74, 6) is 0.165. The van der Waals surface area contributed by atoms with Crippen molar-refractivity contribution >= 4 is 11.7 Å². The summed E-state index contributed by atoms with van der Waals surface area (Å²) in [5, 5.41) is 8.53. The maximum absolute atomic E-state index is 11.8. The maximum Gasteiger partial charge on any atom is 0.248 e. The van der Waals surface area contributed by atoms with Crippen LogP contribution in [0.25, 0.3) is 0 Å². The summed E-state index contributed by atoms with van der Waals surface area (Å²) < 4.78 is 0. The topological polar surface area (TPSA) is 96.2 Å². The van der Waals surface area contributed by atoms with E-state index in [0.717, 1.165) is 43.5 Å². The van der Waals surface area contributed by atoms with Gasteiger partial charge in [-0.3, -0.25) is 15.1 Å². The maximum atomic E-state index is 11.8. The zero-order valence-electron chi connectivity index (χ0n) is 18.9. The number of hydrogen-bond donors (Lipinski definition) is 3. The van der Waals surface area contributed by atoms with Crippen molar-refractivity contribution in [2.75, 3.05) is 13.1 Å². The molecule has 170 valence electrons. The number of hydrogen-bond acceptors (Lipinski definition) is 3. The van der Waals surface area contributed by atoms with E-state index in [-0.39, 0.29) is 17.8 Å². The third kappa shape index (κ3) is 5.49. The molecule has 3 aromatic rings. The molecule has 2 atom stereocenters. The first-order chi connectivity index (χ1) is 16.0. The van der Waals surface area contributed by atoms with Crippen LogP contribution in [-0.2, 0) is 6.42 Å². The van der Waals surface area contributed by atoms with Crippen LogP contribution in [0.2, 0.25) is 0 Å². The normalized spacial score (nSPS) is 16.7. The standard InChI is InChI=1S/C28H32N4O/c29-27(30)26(32-16-14-21(15-17-32)18-20-8-3-1-4-9-20)25(22-10-5-2-6-11-22)23-12-7-13-24(19-23)28(31)33/h1-13,19,21,25-26H,14-18H2,(H3,29,30)(H2,31,33). The molecule has 1 amide bonds. The van der Waals surface area contributed by atoms with E-state index >= 15 is 0 Å². The highest BCUT2D eigenvalue weighted by Gasteiger charge is 2.35. The molecule has 5 nitrogen and oxygen atoms in total. The first-order valence-corrected chi connectivity index (χ1v) is 11.6. The van der Waals surface area contributed by atoms with Crippen molar-refractivity contribution in [3.63, 3.8) is 0 Å². The number of nitrogens with zero attached hydrogens (tertiary/aromatic N) is 1. The highest BCUT2D eigenvalue weighted by atomic mass is 16.1. The second kappa shape index (κ2) is 10.5. The Balaban J connectivity index is 1.60. The van der Waals surface area contributed by atoms with E-state index in [1.54, 1.807) is 6.07 Å². The average Bonchev–Trinajstić information content (AvgIpc) is 2.84. The minimum absolute atomic E-state index is 0.148. The lowest BCUT2D eigenvalue weighted by Gasteiger charge is -2.41. The number of carbonyl (C=O) groups is 1. The molecule has 5 N–H and O–H groups in total. The van der Waals surface area contributed by atoms with Gasteiger partial charge in [-0.15, -0.1) is 0 Å². The molecule has 2 unspecified atom stereocenters. The van der Waals surface area contributed by atoms with Crippen molar-refractivity contribution in [3.05, 3.63) is 107 Å². The van der Waals surface area contributed by atoms with Gasteiger partial charge < -0.3 is 11.5 Å². The number of carbonyl (C=O) groups excluding carboxylic acids is 1. The van der Waals surface area contributed by atoms with Crippen LogP contribution in [0.5, 0.6) is 0 Å². The third-order valence-electron chi connectivity index (χ3n) is 6.73. The number of primary amides is 1. The first-order valence-electron chi connectivity index (χ1n) is 11.6. The number of nitrogens with two attached hydrogens (primary N) is 2. The molecule has 5 heteroatoms. The number of benzene rings is 3. The van der Waals surface area contributed by atoms with Crippen molar-refractivity contribution in [2.45, 2.75) is 31.2 Å². The lowest BCUT2D eigenvalue weighted by atomic mass is 9.81. The zero-order valence-corrected chi connectivity index (χ0v) is 18.9. The van der Waals surface area contributed by atoms with Crippen LogP contribution in [-0.4, -0.2) is 35.8 Å². The smallest absolute Gasteiger partial charge is 0.248 e. The van der Waals surface area contributed by atoms with Gasteiger partial charge in [0.2, 0.25) is 5.91 Å². The Morgan fingerprint density at radius 3 is 2.09 bits per heavy atom. The van der Waals surface area contributed by atoms with E-state index in [1.807, 2.05) is 36.4 Å². The molecule has 0 saturated carbocycles. The summed E-state index contributed by atoms with van der Waals surface area (Å²) in [6, 6.07) is 27.9. The lowest BCUT2D eigenvalue weighted by molar-refractivity contribution is 0.1000. The van der Waals surface area contributed by atoms with Gasteiger partial charge >= 0.3 is 0 Å². The van der Waals surface area contributed by atoms with E-state index < -0.39 is 5.91 Å². The Bertz CT molecular complexity index is 1080. The van der Waals surface area contributed by atoms with Crippen LogP contribution in [0.4, 0.5) is 0 Å². The van der Waals surface area contributed by atoms with Gasteiger partial charge in [0.15, 0.2) is 0 Å². The molecular weight excluding hydrogens is 408 g/mol. The van der Waals surface area contributed by atoms with Crippen molar-refractivity contribution < 1.29 is 4.79 Å². The fraction of sp³-hybridized carbons (Fsp3) is 0.286. The molecule has 1 aliphatic rings. The molecule has 0 radical (unpaired) electrons. The summed E-state index contributed by atoms with van der Waals surface area (Å²) in [6.07, 6.45) is 3.23. The predicted octanol–water partition coefficient (Wildman–Crippen LogP) is 4.18. The molecule has 1 fully saturated rings. The quantitative estimate of drug-likeness (QED) is 0.362. The van der Waals surface area contributed by atoms with Gasteiger partial charge in [-0.05, 0) is 67.1 Å². The van der Waals surface area contributed by atoms with Gasteiger partial charge in [0.05, 0.1) is 6.04 Å². The largest absolute Gasteiger partial charge is 0.386 e. The zero-order chi connectivity index (χ0) is 23.2. The summed E-state index contributed by atoms with van der Waals surface area (Å²) in [6.45, 7) is 1.78. The third-order valence-corrected chi connectivity index (χ3v) is 6.73. The predicted molar refractivity (Wildman–Crippen MR) is 133 cm³/mol. The number of rotatable bonds is 8. The van der Waals surface area contributed by atoms with Gasteiger partial charge in [-0.1, -0.05) is 72.8 Å². The summed E-state index contributed by atoms with van der Waals surface area (Å²) >= 11 is 0. The molecule has 0 aromatic heterocycles. The Morgan fingerprint density at radius 2 is 1.48 bits per heavy atom. The van der Waals surface area contributed by atoms with Crippen molar-refractivity contribution in [1.29, 1.82) is 5.41 Å². The summed E-state index contributed by atoms with van der Waals surface area (Å²) in [7, 11) is 0. The van der Waals surface area contributed by atoms with Gasteiger partial charge in [0.25, 0.3) is 0 Å². The molecular formula is C28H32N4O. The van der Waals surface area contributed by atoms with Gasteiger partial charge in [0, 0.05) is 11.5 Å². The van der Waals surface area contributed by atoms with Gasteiger partial charge in [-0.25, -0.2) is 0 Å². The number of likely N-dealkylation sites (tertiary alicyclic amines) is 1. The van der Waals surface area contributed by atoms with Gasteiger partial charge in [0.1, 0.15) is 5.84 Å². The Labute approximate surface area is 195 Å². The second-order valence-electron chi connectivity index (χ2n) is 8.95. The molecule has 4 rings (SSSR count). The highest BCUT2D eigenvalue weighted by Crippen LogP contribution is 2.34. The van der Waals surface area contributed by atoms with Crippen LogP contribution in [0, 0.1) is 11.3 Å². The number of amidine groups is 1. The van der Waals surface area contributed by atoms with Crippen LogP contribution in [0.1, 0.15) is 45.8 Å². The van der Waals surface area contributed by atoms with E-state index in [0.29, 0.717) is 11.5 Å². The van der Waals surface area contributed by atoms with Crippen LogP contribution < -0.4 is 11.5 Å². The Kier molecular flexibility index (Phi) is 7.20. The monoisotopic (exact) mass is 440 g/mol. The van der Waals surface area contributed by atoms with Crippen molar-refractivity contribution in [1.82, 2.24) is 4.90 Å². The van der Waals surface area contributed by atoms with Crippen LogP contribution in [0.15, 0.2) is 84.9 Å². The molecule has 0 aliphatic carbocycles. The van der Waals surface area contributed by atoms with E-state index in [2.05, 4.69) is 47.4 Å². The molecule has 1 aliphatic heterocycles. The molecule has 0 spiro atoms. The fourth-order valence-electron chi connectivity index (χ4n) is 5.07. The Hall–Kier alpha value is -3.44. The minimum atomic E-state index is -0.454. The van der Waals surface area contributed by atoms with Crippen LogP contribution >= 0.6 is 0 Å². The van der Waals surface area contributed by atoms with Crippen LogP contribution in [0.3, 0.4) is 0 Å². The lowest BCUT2D eigenvalue weighted by Crippen LogP contribution is -2.51. The van der Waals surface area contributed by atoms with Gasteiger partial charge in [-0.2, -0.15) is 0 Å². The van der Waals surface area contributed by atoms with Crippen molar-refractivity contribution in [2.24, 2.45) is 17.4 Å². The van der Waals surface area contributed by atoms with Crippen molar-refractivity contribution in [3.8, 4) is 0 Å². The SMILES string of the molecule is N=C(N)C(C(c1ccccc1)c1cccc(C(N)=O)c1)N1CCC(Cc2ccccc2)CC1. The van der Waals surface area contributed by atoms with E-state index in [9.17, 15) is 4.79 Å². The first kappa shape index (κ1) is 22.7. The molecule has 33 heavy (non-hydrogen) atoms. The highest BCUT2D eigenvalue weighted by molar-refractivity contribution is 5.93. The summed E-state index contributed by atoms with van der Waals surface area (Å²) in [5.41, 5.74) is 15.7. The number of piperidine rings is 1. The van der Waals surface area contributed by atoms with E-state index in [4.69, 9.17) is 16.9 Å². The molecule has 3 aromatic carbocycles. The fourth-order valence-corrected chi connectivity index (χ4v) is 5.07. The number of nitrogens with one attached hydrogen (secondary N) is 1. The second-order valence-corrected chi connectivity index (χ2v) is 8.95. The minimum Gasteiger partial charge on any atom is -0.386 e. The Morgan fingerprint density at radius 1 is 0.879 bits per heavy atom. The molecule has 1 heterocycles. The molecule has 0 bridgehead atoms.